The summed E-state index contributed by atoms with van der Waals surface area (Å²) >= 11 is 0. The second-order valence-corrected chi connectivity index (χ2v) is 7.56. The van der Waals surface area contributed by atoms with Crippen LogP contribution in [0.5, 0.6) is 11.5 Å². The lowest BCUT2D eigenvalue weighted by molar-refractivity contribution is 0.131. The van der Waals surface area contributed by atoms with Crippen LogP contribution in [0.1, 0.15) is 42.5 Å². The molecule has 0 aliphatic carbocycles. The van der Waals surface area contributed by atoms with Crippen LogP contribution < -0.4 is 9.47 Å². The molecule has 5 heterocycles. The highest BCUT2D eigenvalue weighted by atomic mass is 16.5. The molecule has 0 saturated carbocycles. The van der Waals surface area contributed by atoms with Crippen molar-refractivity contribution in [1.82, 2.24) is 0 Å². The van der Waals surface area contributed by atoms with Crippen LogP contribution in [-0.4, -0.2) is 12.2 Å². The van der Waals surface area contributed by atoms with Crippen LogP contribution in [-0.2, 0) is 0 Å². The van der Waals surface area contributed by atoms with Gasteiger partial charge in [0.25, 0.3) is 0 Å². The Bertz CT molecular complexity index is 898. The zero-order chi connectivity index (χ0) is 20.1. The largest absolute Gasteiger partial charge is 0.491 e. The number of ether oxygens (including phenoxy) is 2. The number of benzene rings is 3. The van der Waals surface area contributed by atoms with E-state index in [0.29, 0.717) is 0 Å². The van der Waals surface area contributed by atoms with Crippen LogP contribution in [0.15, 0.2) is 72.8 Å². The van der Waals surface area contributed by atoms with Crippen molar-refractivity contribution < 1.29 is 9.47 Å². The van der Waals surface area contributed by atoms with E-state index in [2.05, 4.69) is 86.7 Å². The minimum Gasteiger partial charge on any atom is -0.491 e. The number of rotatable bonds is 0. The zero-order valence-electron chi connectivity index (χ0n) is 16.9. The summed E-state index contributed by atoms with van der Waals surface area (Å²) in [6, 6.07) is 25.0. The molecule has 2 heteroatoms. The number of hydrogen-bond donors (Lipinski definition) is 0. The minimum absolute atomic E-state index is 0.0704. The van der Waals surface area contributed by atoms with Gasteiger partial charge in [-0.1, -0.05) is 72.8 Å². The Labute approximate surface area is 173 Å². The lowest BCUT2D eigenvalue weighted by Gasteiger charge is -2.20. The van der Waals surface area contributed by atoms with Crippen LogP contribution >= 0.6 is 0 Å². The van der Waals surface area contributed by atoms with Crippen molar-refractivity contribution in [2.45, 2.75) is 32.5 Å². The molecule has 0 fully saturated rings. The van der Waals surface area contributed by atoms with Crippen molar-refractivity contribution in [3.05, 3.63) is 95.1 Å². The zero-order valence-corrected chi connectivity index (χ0v) is 16.9. The van der Waals surface area contributed by atoms with Crippen molar-refractivity contribution in [2.24, 2.45) is 0 Å². The van der Waals surface area contributed by atoms with Crippen molar-refractivity contribution in [1.29, 1.82) is 0 Å². The molecule has 2 nitrogen and oxygen atoms in total. The Hall–Kier alpha value is -3.26. The molecule has 0 N–H and O–H groups in total. The molecule has 0 unspecified atom stereocenters. The molecular formula is C27H26O2. The third-order valence-corrected chi connectivity index (χ3v) is 4.97. The molecule has 3 aromatic carbocycles. The first-order valence-corrected chi connectivity index (χ1v) is 10.1. The predicted octanol–water partition coefficient (Wildman–Crippen LogP) is 6.97. The highest BCUT2D eigenvalue weighted by molar-refractivity contribution is 5.73. The van der Waals surface area contributed by atoms with Crippen LogP contribution in [0.4, 0.5) is 0 Å². The summed E-state index contributed by atoms with van der Waals surface area (Å²) < 4.78 is 12.1. The maximum Gasteiger partial charge on any atom is 0.119 e. The van der Waals surface area contributed by atoms with Gasteiger partial charge < -0.3 is 9.47 Å². The second-order valence-electron chi connectivity index (χ2n) is 7.56. The van der Waals surface area contributed by atoms with Gasteiger partial charge in [0.15, 0.2) is 0 Å². The van der Waals surface area contributed by atoms with Gasteiger partial charge in [-0.15, -0.1) is 0 Å². The van der Waals surface area contributed by atoms with E-state index in [9.17, 15) is 0 Å². The lowest BCUT2D eigenvalue weighted by Crippen LogP contribution is -2.22. The molecule has 0 saturated heterocycles. The molecule has 6 bridgehead atoms. The van der Waals surface area contributed by atoms with E-state index in [1.165, 1.54) is 11.1 Å². The molecule has 8 rings (SSSR count). The van der Waals surface area contributed by atoms with Crippen LogP contribution in [0.25, 0.3) is 24.3 Å². The SMILES string of the molecule is C[C@H]1C[C@H](C)Oc2ccc(cc2)/C=C\c2ccc(cc2)/C=C\c2ccc(cc2)O1. The van der Waals surface area contributed by atoms with E-state index >= 15 is 0 Å². The first-order valence-electron chi connectivity index (χ1n) is 10.1. The normalized spacial score (nSPS) is 21.0. The fourth-order valence-electron chi connectivity index (χ4n) is 3.45. The van der Waals surface area contributed by atoms with Gasteiger partial charge in [-0.2, -0.15) is 0 Å². The molecule has 3 aromatic rings. The van der Waals surface area contributed by atoms with Gasteiger partial charge in [-0.3, -0.25) is 0 Å². The van der Waals surface area contributed by atoms with Crippen molar-refractivity contribution >= 4 is 24.3 Å². The van der Waals surface area contributed by atoms with Crippen molar-refractivity contribution in [3.8, 4) is 11.5 Å². The van der Waals surface area contributed by atoms with Gasteiger partial charge in [0.1, 0.15) is 11.5 Å². The van der Waals surface area contributed by atoms with E-state index in [1.54, 1.807) is 0 Å². The average molecular weight is 383 g/mol. The van der Waals surface area contributed by atoms with Crippen LogP contribution in [0.2, 0.25) is 0 Å². The maximum absolute atomic E-state index is 6.07. The first-order chi connectivity index (χ1) is 14.1. The Kier molecular flexibility index (Phi) is 5.81. The quantitative estimate of drug-likeness (QED) is 0.418. The maximum atomic E-state index is 6.07. The predicted molar refractivity (Wildman–Crippen MR) is 122 cm³/mol. The summed E-state index contributed by atoms with van der Waals surface area (Å²) in [4.78, 5) is 0. The van der Waals surface area contributed by atoms with Crippen LogP contribution in [0, 0.1) is 0 Å². The van der Waals surface area contributed by atoms with Crippen molar-refractivity contribution in [2.75, 3.05) is 0 Å². The average Bonchev–Trinajstić information content (AvgIpc) is 2.73. The fourth-order valence-corrected chi connectivity index (χ4v) is 3.45. The van der Waals surface area contributed by atoms with Crippen molar-refractivity contribution in [3.63, 3.8) is 0 Å². The molecule has 0 aromatic heterocycles. The highest BCUT2D eigenvalue weighted by Gasteiger charge is 2.12. The molecule has 5 aliphatic rings. The monoisotopic (exact) mass is 382 g/mol. The van der Waals surface area contributed by atoms with E-state index in [1.807, 2.05) is 24.3 Å². The summed E-state index contributed by atoms with van der Waals surface area (Å²) in [7, 11) is 0. The Morgan fingerprint density at radius 1 is 0.483 bits per heavy atom. The van der Waals surface area contributed by atoms with E-state index in [4.69, 9.17) is 9.47 Å². The molecular weight excluding hydrogens is 356 g/mol. The Morgan fingerprint density at radius 3 is 1.07 bits per heavy atom. The third-order valence-electron chi connectivity index (χ3n) is 4.97. The first kappa shape index (κ1) is 19.1. The molecule has 0 radical (unpaired) electrons. The van der Waals surface area contributed by atoms with E-state index in [-0.39, 0.29) is 12.2 Å². The third kappa shape index (κ3) is 5.39. The van der Waals surface area contributed by atoms with Gasteiger partial charge >= 0.3 is 0 Å². The molecule has 0 amide bonds. The molecule has 0 spiro atoms. The summed E-state index contributed by atoms with van der Waals surface area (Å²) in [5, 5.41) is 0. The number of fused-ring (bicyclic) bond motifs is 1. The topological polar surface area (TPSA) is 18.5 Å². The molecule has 2 atom stereocenters. The highest BCUT2D eigenvalue weighted by Crippen LogP contribution is 2.21. The molecule has 5 aliphatic heterocycles. The lowest BCUT2D eigenvalue weighted by atomic mass is 10.1. The summed E-state index contributed by atoms with van der Waals surface area (Å²) in [6.45, 7) is 4.17. The summed E-state index contributed by atoms with van der Waals surface area (Å²) in [5.41, 5.74) is 4.66. The van der Waals surface area contributed by atoms with Gasteiger partial charge in [0.05, 0.1) is 12.2 Å². The standard InChI is InChI=1S/C27H26O2/c1-20-19-21(2)29-27-17-13-25(14-18-27)10-8-23-5-3-22(4-6-23)7-9-24-11-15-26(28-20)16-12-24/h3-18,20-21H,19H2,1-2H3/b9-7-,10-8-/t20-,21-/m0/s1. The number of hydrogen-bond acceptors (Lipinski definition) is 2. The van der Waals surface area contributed by atoms with Gasteiger partial charge in [-0.05, 0) is 60.4 Å². The van der Waals surface area contributed by atoms with Crippen LogP contribution in [0.3, 0.4) is 0 Å². The summed E-state index contributed by atoms with van der Waals surface area (Å²) in [5.74, 6) is 1.76. The van der Waals surface area contributed by atoms with E-state index in [0.717, 1.165) is 29.0 Å². The molecule has 146 valence electrons. The van der Waals surface area contributed by atoms with Gasteiger partial charge in [0, 0.05) is 6.42 Å². The fraction of sp³-hybridized carbons (Fsp3) is 0.185. The Balaban J connectivity index is 1.62. The van der Waals surface area contributed by atoms with E-state index < -0.39 is 0 Å². The van der Waals surface area contributed by atoms with Gasteiger partial charge in [-0.25, -0.2) is 0 Å². The summed E-state index contributed by atoms with van der Waals surface area (Å²) in [6.07, 6.45) is 9.47. The molecule has 29 heavy (non-hydrogen) atoms. The Morgan fingerprint density at radius 2 is 0.759 bits per heavy atom. The van der Waals surface area contributed by atoms with Gasteiger partial charge in [0.2, 0.25) is 0 Å². The smallest absolute Gasteiger partial charge is 0.119 e. The second kappa shape index (κ2) is 8.83. The minimum atomic E-state index is 0.0704.